The highest BCUT2D eigenvalue weighted by atomic mass is 16.2. The minimum Gasteiger partial charge on any atom is -0.373 e. The average Bonchev–Trinajstić information content (AvgIpc) is 3.28. The van der Waals surface area contributed by atoms with Crippen molar-refractivity contribution in [2.75, 3.05) is 32.0 Å². The first-order chi connectivity index (χ1) is 14.2. The van der Waals surface area contributed by atoms with Crippen molar-refractivity contribution in [2.24, 2.45) is 0 Å². The van der Waals surface area contributed by atoms with Crippen molar-refractivity contribution in [2.45, 2.75) is 25.3 Å². The van der Waals surface area contributed by atoms with Crippen LogP contribution in [0.25, 0.3) is 10.8 Å². The normalized spacial score (nSPS) is 18.7. The predicted octanol–water partition coefficient (Wildman–Crippen LogP) is 2.95. The highest BCUT2D eigenvalue weighted by molar-refractivity contribution is 5.98. The Labute approximate surface area is 170 Å². The molecule has 1 aromatic heterocycles. The summed E-state index contributed by atoms with van der Waals surface area (Å²) in [4.78, 5) is 24.7. The highest BCUT2D eigenvalue weighted by Gasteiger charge is 2.31. The average molecular weight is 387 g/mol. The van der Waals surface area contributed by atoms with Crippen molar-refractivity contribution >= 4 is 22.5 Å². The van der Waals surface area contributed by atoms with Gasteiger partial charge in [-0.1, -0.05) is 30.3 Å². The number of hydrogen-bond donors (Lipinski definition) is 2. The maximum Gasteiger partial charge on any atom is 0.253 e. The molecule has 2 aliphatic heterocycles. The zero-order valence-electron chi connectivity index (χ0n) is 16.6. The summed E-state index contributed by atoms with van der Waals surface area (Å²) in [7, 11) is 1.92. The molecule has 1 unspecified atom stereocenters. The second-order valence-electron chi connectivity index (χ2n) is 7.83. The van der Waals surface area contributed by atoms with Crippen molar-refractivity contribution in [1.82, 2.24) is 20.2 Å². The number of carbonyl (C=O) groups excluding carboxylic acids is 1. The van der Waals surface area contributed by atoms with E-state index in [1.807, 2.05) is 48.3 Å². The molecular weight excluding hydrogens is 362 g/mol. The standard InChI is InChI=1S/C23H25N5O/c1-24-22-19-8-10-25-13-20(19)26-21(27-22)18-9-11-28(14-18)23(29)17-7-6-15-4-2-3-5-16(15)12-17/h2-7,12,18,25H,8-11,13-14H2,1H3,(H,24,26,27). The minimum absolute atomic E-state index is 0.0896. The smallest absolute Gasteiger partial charge is 0.253 e. The summed E-state index contributed by atoms with van der Waals surface area (Å²) >= 11 is 0. The Morgan fingerprint density at radius 2 is 2.03 bits per heavy atom. The molecule has 0 aliphatic carbocycles. The molecule has 148 valence electrons. The lowest BCUT2D eigenvalue weighted by Gasteiger charge is -2.21. The molecule has 1 atom stereocenters. The molecule has 0 bridgehead atoms. The largest absolute Gasteiger partial charge is 0.373 e. The van der Waals surface area contributed by atoms with Gasteiger partial charge in [0.1, 0.15) is 11.6 Å². The predicted molar refractivity (Wildman–Crippen MR) is 114 cm³/mol. The van der Waals surface area contributed by atoms with Gasteiger partial charge in [0.05, 0.1) is 5.69 Å². The van der Waals surface area contributed by atoms with Crippen molar-refractivity contribution in [1.29, 1.82) is 0 Å². The van der Waals surface area contributed by atoms with Crippen LogP contribution in [-0.2, 0) is 13.0 Å². The molecular formula is C23H25N5O. The first-order valence-electron chi connectivity index (χ1n) is 10.3. The van der Waals surface area contributed by atoms with Gasteiger partial charge < -0.3 is 15.5 Å². The summed E-state index contributed by atoms with van der Waals surface area (Å²) in [6.45, 7) is 3.15. The van der Waals surface area contributed by atoms with Gasteiger partial charge in [0.15, 0.2) is 0 Å². The number of benzene rings is 2. The summed E-state index contributed by atoms with van der Waals surface area (Å²) in [5.74, 6) is 2.06. The fourth-order valence-corrected chi connectivity index (χ4v) is 4.43. The number of nitrogens with one attached hydrogen (secondary N) is 2. The number of aromatic nitrogens is 2. The van der Waals surface area contributed by atoms with Gasteiger partial charge in [-0.05, 0) is 42.3 Å². The highest BCUT2D eigenvalue weighted by Crippen LogP contribution is 2.29. The third kappa shape index (κ3) is 3.34. The van der Waals surface area contributed by atoms with Crippen LogP contribution in [-0.4, -0.2) is 47.5 Å². The van der Waals surface area contributed by atoms with E-state index >= 15 is 0 Å². The first kappa shape index (κ1) is 18.1. The molecule has 0 spiro atoms. The van der Waals surface area contributed by atoms with E-state index in [1.165, 1.54) is 5.56 Å². The van der Waals surface area contributed by atoms with E-state index in [-0.39, 0.29) is 11.8 Å². The zero-order chi connectivity index (χ0) is 19.8. The Morgan fingerprint density at radius 1 is 1.17 bits per heavy atom. The molecule has 29 heavy (non-hydrogen) atoms. The fraction of sp³-hybridized carbons (Fsp3) is 0.348. The van der Waals surface area contributed by atoms with Gasteiger partial charge in [-0.3, -0.25) is 4.79 Å². The topological polar surface area (TPSA) is 70.2 Å². The third-order valence-corrected chi connectivity index (χ3v) is 6.03. The number of hydrogen-bond acceptors (Lipinski definition) is 5. The molecule has 2 aliphatic rings. The third-order valence-electron chi connectivity index (χ3n) is 6.03. The van der Waals surface area contributed by atoms with Gasteiger partial charge in [-0.25, -0.2) is 9.97 Å². The number of amides is 1. The van der Waals surface area contributed by atoms with E-state index in [0.29, 0.717) is 6.54 Å². The SMILES string of the molecule is CNc1nc(C2CCN(C(=O)c3ccc4ccccc4c3)C2)nc2c1CCNC2. The van der Waals surface area contributed by atoms with Gasteiger partial charge in [-0.15, -0.1) is 0 Å². The molecule has 6 heteroatoms. The lowest BCUT2D eigenvalue weighted by molar-refractivity contribution is 0.0790. The number of anilines is 1. The summed E-state index contributed by atoms with van der Waals surface area (Å²) in [6.07, 6.45) is 1.84. The number of rotatable bonds is 3. The van der Waals surface area contributed by atoms with Crippen LogP contribution in [0.5, 0.6) is 0 Å². The van der Waals surface area contributed by atoms with Crippen molar-refractivity contribution < 1.29 is 4.79 Å². The number of nitrogens with zero attached hydrogens (tertiary/aromatic N) is 3. The van der Waals surface area contributed by atoms with Crippen molar-refractivity contribution in [3.63, 3.8) is 0 Å². The Balaban J connectivity index is 1.37. The molecule has 3 heterocycles. The van der Waals surface area contributed by atoms with Gasteiger partial charge in [0.2, 0.25) is 0 Å². The summed E-state index contributed by atoms with van der Waals surface area (Å²) < 4.78 is 0. The van der Waals surface area contributed by atoms with Crippen LogP contribution in [0.2, 0.25) is 0 Å². The van der Waals surface area contributed by atoms with Gasteiger partial charge in [0, 0.05) is 43.7 Å². The molecule has 0 radical (unpaired) electrons. The van der Waals surface area contributed by atoms with Gasteiger partial charge >= 0.3 is 0 Å². The lowest BCUT2D eigenvalue weighted by atomic mass is 10.0. The Kier molecular flexibility index (Phi) is 4.64. The Bertz CT molecular complexity index is 1060. The molecule has 6 nitrogen and oxygen atoms in total. The van der Waals surface area contributed by atoms with Crippen molar-refractivity contribution in [3.05, 3.63) is 65.1 Å². The quantitative estimate of drug-likeness (QED) is 0.723. The Morgan fingerprint density at radius 3 is 2.90 bits per heavy atom. The fourth-order valence-electron chi connectivity index (χ4n) is 4.43. The van der Waals surface area contributed by atoms with Crippen LogP contribution in [0.1, 0.15) is 39.8 Å². The second-order valence-corrected chi connectivity index (χ2v) is 7.83. The lowest BCUT2D eigenvalue weighted by Crippen LogP contribution is -2.29. The van der Waals surface area contributed by atoms with E-state index in [4.69, 9.17) is 9.97 Å². The molecule has 2 aromatic carbocycles. The number of likely N-dealkylation sites (tertiary alicyclic amines) is 1. The molecule has 1 saturated heterocycles. The van der Waals surface area contributed by atoms with Gasteiger partial charge in [-0.2, -0.15) is 0 Å². The van der Waals surface area contributed by atoms with Crippen LogP contribution < -0.4 is 10.6 Å². The second kappa shape index (κ2) is 7.44. The van der Waals surface area contributed by atoms with E-state index < -0.39 is 0 Å². The minimum atomic E-state index is 0.0896. The first-order valence-corrected chi connectivity index (χ1v) is 10.3. The molecule has 0 saturated carbocycles. The summed E-state index contributed by atoms with van der Waals surface area (Å²) in [6, 6.07) is 14.1. The molecule has 1 amide bonds. The van der Waals surface area contributed by atoms with Crippen LogP contribution in [0, 0.1) is 0 Å². The van der Waals surface area contributed by atoms with Crippen LogP contribution >= 0.6 is 0 Å². The number of carbonyl (C=O) groups is 1. The Hall–Kier alpha value is -2.99. The van der Waals surface area contributed by atoms with E-state index in [9.17, 15) is 4.79 Å². The van der Waals surface area contributed by atoms with E-state index in [2.05, 4.69) is 16.7 Å². The molecule has 1 fully saturated rings. The zero-order valence-corrected chi connectivity index (χ0v) is 16.6. The number of fused-ring (bicyclic) bond motifs is 2. The van der Waals surface area contributed by atoms with Crippen molar-refractivity contribution in [3.8, 4) is 0 Å². The molecule has 2 N–H and O–H groups in total. The van der Waals surface area contributed by atoms with Crippen LogP contribution in [0.15, 0.2) is 42.5 Å². The van der Waals surface area contributed by atoms with E-state index in [0.717, 1.165) is 66.1 Å². The summed E-state index contributed by atoms with van der Waals surface area (Å²) in [5, 5.41) is 8.87. The van der Waals surface area contributed by atoms with Crippen LogP contribution in [0.4, 0.5) is 5.82 Å². The van der Waals surface area contributed by atoms with Crippen LogP contribution in [0.3, 0.4) is 0 Å². The molecule has 5 rings (SSSR count). The maximum atomic E-state index is 13.1. The summed E-state index contributed by atoms with van der Waals surface area (Å²) in [5.41, 5.74) is 3.05. The monoisotopic (exact) mass is 387 g/mol. The van der Waals surface area contributed by atoms with E-state index in [1.54, 1.807) is 0 Å². The maximum absolute atomic E-state index is 13.1. The molecule has 3 aromatic rings. The van der Waals surface area contributed by atoms with Gasteiger partial charge in [0.25, 0.3) is 5.91 Å².